The van der Waals surface area contributed by atoms with Gasteiger partial charge in [0.2, 0.25) is 0 Å². The summed E-state index contributed by atoms with van der Waals surface area (Å²) in [6, 6.07) is 11.6. The number of thiophene rings is 1. The third-order valence-electron chi connectivity index (χ3n) is 2.87. The predicted octanol–water partition coefficient (Wildman–Crippen LogP) is 4.96. The van der Waals surface area contributed by atoms with Crippen LogP contribution >= 0.6 is 38.6 Å². The highest BCUT2D eigenvalue weighted by atomic mass is 79.9. The van der Waals surface area contributed by atoms with Crippen molar-refractivity contribution in [1.82, 2.24) is 10.3 Å². The number of hydrogen-bond acceptors (Lipinski definition) is 4. The average molecular weight is 394 g/mol. The molecule has 7 heteroatoms. The molecule has 0 spiro atoms. The highest BCUT2D eigenvalue weighted by Gasteiger charge is 2.08. The molecule has 0 bridgehead atoms. The fraction of sp³-hybridized carbons (Fsp3) is 0.0667. The monoisotopic (exact) mass is 393 g/mol. The predicted molar refractivity (Wildman–Crippen MR) is 95.4 cm³/mol. The number of carbonyl (C=O) groups is 1. The smallest absolute Gasteiger partial charge is 0.321 e. The standard InChI is InChI=1S/C15H12BrN3OS2/c16-11-5-3-10(4-6-11)13-9-22-15(18-13)19-14(20)17-8-12-2-1-7-21-12/h1-7,9H,8H2,(H2,17,18,19,20). The Morgan fingerprint density at radius 1 is 1.18 bits per heavy atom. The third-order valence-corrected chi connectivity index (χ3v) is 5.03. The summed E-state index contributed by atoms with van der Waals surface area (Å²) < 4.78 is 1.03. The Bertz CT molecular complexity index is 753. The summed E-state index contributed by atoms with van der Waals surface area (Å²) in [5.74, 6) is 0. The highest BCUT2D eigenvalue weighted by Crippen LogP contribution is 2.26. The number of nitrogens with one attached hydrogen (secondary N) is 2. The Labute approximate surface area is 144 Å². The molecule has 0 saturated carbocycles. The zero-order chi connectivity index (χ0) is 15.4. The van der Waals surface area contributed by atoms with Crippen LogP contribution in [0, 0.1) is 0 Å². The Morgan fingerprint density at radius 2 is 2.00 bits per heavy atom. The lowest BCUT2D eigenvalue weighted by Crippen LogP contribution is -2.27. The van der Waals surface area contributed by atoms with Gasteiger partial charge in [-0.1, -0.05) is 34.1 Å². The van der Waals surface area contributed by atoms with Gasteiger partial charge in [0.05, 0.1) is 12.2 Å². The van der Waals surface area contributed by atoms with Crippen molar-refractivity contribution in [3.8, 4) is 11.3 Å². The van der Waals surface area contributed by atoms with Crippen LogP contribution in [0.5, 0.6) is 0 Å². The molecule has 2 N–H and O–H groups in total. The van der Waals surface area contributed by atoms with Crippen LogP contribution in [0.25, 0.3) is 11.3 Å². The van der Waals surface area contributed by atoms with Crippen LogP contribution in [0.4, 0.5) is 9.93 Å². The molecule has 0 aliphatic carbocycles. The van der Waals surface area contributed by atoms with Crippen molar-refractivity contribution in [2.75, 3.05) is 5.32 Å². The van der Waals surface area contributed by atoms with Crippen molar-refractivity contribution >= 4 is 49.8 Å². The molecule has 0 unspecified atom stereocenters. The lowest BCUT2D eigenvalue weighted by molar-refractivity contribution is 0.252. The Kier molecular flexibility index (Phi) is 4.87. The van der Waals surface area contributed by atoms with E-state index in [1.807, 2.05) is 47.2 Å². The van der Waals surface area contributed by atoms with Crippen molar-refractivity contribution in [3.63, 3.8) is 0 Å². The maximum Gasteiger partial charge on any atom is 0.321 e. The van der Waals surface area contributed by atoms with Gasteiger partial charge in [-0.25, -0.2) is 9.78 Å². The molecular weight excluding hydrogens is 382 g/mol. The number of carbonyl (C=O) groups excluding carboxylic acids is 1. The highest BCUT2D eigenvalue weighted by molar-refractivity contribution is 9.10. The maximum absolute atomic E-state index is 11.8. The normalized spacial score (nSPS) is 10.4. The van der Waals surface area contributed by atoms with Crippen LogP contribution < -0.4 is 10.6 Å². The fourth-order valence-electron chi connectivity index (χ4n) is 1.81. The van der Waals surface area contributed by atoms with E-state index in [0.29, 0.717) is 11.7 Å². The minimum atomic E-state index is -0.245. The number of aromatic nitrogens is 1. The van der Waals surface area contributed by atoms with Gasteiger partial charge in [0.25, 0.3) is 0 Å². The van der Waals surface area contributed by atoms with Gasteiger partial charge in [-0.2, -0.15) is 0 Å². The fourth-order valence-corrected chi connectivity index (χ4v) is 3.43. The van der Waals surface area contributed by atoms with Gasteiger partial charge in [0.15, 0.2) is 5.13 Å². The quantitative estimate of drug-likeness (QED) is 0.658. The molecule has 2 amide bonds. The molecule has 22 heavy (non-hydrogen) atoms. The number of hydrogen-bond donors (Lipinski definition) is 2. The summed E-state index contributed by atoms with van der Waals surface area (Å²) >= 11 is 6.43. The first kappa shape index (κ1) is 15.2. The van der Waals surface area contributed by atoms with Crippen LogP contribution in [-0.4, -0.2) is 11.0 Å². The van der Waals surface area contributed by atoms with E-state index in [1.54, 1.807) is 11.3 Å². The molecule has 0 fully saturated rings. The maximum atomic E-state index is 11.8. The number of halogens is 1. The van der Waals surface area contributed by atoms with Gasteiger partial charge in [-0.3, -0.25) is 5.32 Å². The second-order valence-electron chi connectivity index (χ2n) is 4.43. The van der Waals surface area contributed by atoms with Crippen molar-refractivity contribution in [1.29, 1.82) is 0 Å². The van der Waals surface area contributed by atoms with Gasteiger partial charge in [-0.15, -0.1) is 22.7 Å². The van der Waals surface area contributed by atoms with Crippen LogP contribution in [0.1, 0.15) is 4.88 Å². The van der Waals surface area contributed by atoms with Crippen molar-refractivity contribution in [2.24, 2.45) is 0 Å². The summed E-state index contributed by atoms with van der Waals surface area (Å²) in [4.78, 5) is 17.4. The second-order valence-corrected chi connectivity index (χ2v) is 7.24. The van der Waals surface area contributed by atoms with Gasteiger partial charge < -0.3 is 5.32 Å². The Morgan fingerprint density at radius 3 is 2.73 bits per heavy atom. The van der Waals surface area contributed by atoms with E-state index in [9.17, 15) is 4.79 Å². The lowest BCUT2D eigenvalue weighted by Gasteiger charge is -2.03. The summed E-state index contributed by atoms with van der Waals surface area (Å²) in [5.41, 5.74) is 1.87. The van der Waals surface area contributed by atoms with Crippen LogP contribution in [0.15, 0.2) is 51.6 Å². The number of anilines is 1. The number of rotatable bonds is 4. The molecule has 0 atom stereocenters. The molecule has 2 aromatic heterocycles. The lowest BCUT2D eigenvalue weighted by atomic mass is 10.2. The second kappa shape index (κ2) is 7.04. The zero-order valence-corrected chi connectivity index (χ0v) is 14.6. The Hall–Kier alpha value is -1.70. The van der Waals surface area contributed by atoms with Gasteiger partial charge in [0, 0.05) is 20.3 Å². The van der Waals surface area contributed by atoms with E-state index in [1.165, 1.54) is 11.3 Å². The van der Waals surface area contributed by atoms with Gasteiger partial charge in [-0.05, 0) is 23.6 Å². The van der Waals surface area contributed by atoms with Gasteiger partial charge >= 0.3 is 6.03 Å². The Balaban J connectivity index is 1.59. The third kappa shape index (κ3) is 3.94. The number of amides is 2. The van der Waals surface area contributed by atoms with E-state index in [-0.39, 0.29) is 6.03 Å². The molecule has 0 radical (unpaired) electrons. The SMILES string of the molecule is O=C(NCc1cccs1)Nc1nc(-c2ccc(Br)cc2)cs1. The minimum absolute atomic E-state index is 0.245. The van der Waals surface area contributed by atoms with E-state index >= 15 is 0 Å². The molecule has 112 valence electrons. The van der Waals surface area contributed by atoms with E-state index in [4.69, 9.17) is 0 Å². The van der Waals surface area contributed by atoms with Crippen molar-refractivity contribution < 1.29 is 4.79 Å². The first-order valence-corrected chi connectivity index (χ1v) is 9.04. The number of benzene rings is 1. The van der Waals surface area contributed by atoms with Gasteiger partial charge in [0.1, 0.15) is 0 Å². The number of thiazole rings is 1. The summed E-state index contributed by atoms with van der Waals surface area (Å²) in [6.45, 7) is 0.522. The van der Waals surface area contributed by atoms with Crippen LogP contribution in [0.3, 0.4) is 0 Å². The van der Waals surface area contributed by atoms with E-state index in [0.717, 1.165) is 20.6 Å². The minimum Gasteiger partial charge on any atom is -0.333 e. The largest absolute Gasteiger partial charge is 0.333 e. The molecule has 4 nitrogen and oxygen atoms in total. The summed E-state index contributed by atoms with van der Waals surface area (Å²) in [7, 11) is 0. The summed E-state index contributed by atoms with van der Waals surface area (Å²) in [6.07, 6.45) is 0. The average Bonchev–Trinajstić information content (AvgIpc) is 3.17. The molecule has 0 aliphatic rings. The molecular formula is C15H12BrN3OS2. The summed E-state index contributed by atoms with van der Waals surface area (Å²) in [5, 5.41) is 10.1. The molecule has 3 aromatic rings. The first-order chi connectivity index (χ1) is 10.7. The molecule has 1 aromatic carbocycles. The van der Waals surface area contributed by atoms with Crippen LogP contribution in [0.2, 0.25) is 0 Å². The topological polar surface area (TPSA) is 54.0 Å². The first-order valence-electron chi connectivity index (χ1n) is 6.49. The molecule has 0 aliphatic heterocycles. The number of urea groups is 1. The number of nitrogens with zero attached hydrogens (tertiary/aromatic N) is 1. The molecule has 3 rings (SSSR count). The van der Waals surface area contributed by atoms with Crippen molar-refractivity contribution in [3.05, 3.63) is 56.5 Å². The van der Waals surface area contributed by atoms with E-state index < -0.39 is 0 Å². The van der Waals surface area contributed by atoms with Crippen LogP contribution in [-0.2, 0) is 6.54 Å². The van der Waals surface area contributed by atoms with Crippen molar-refractivity contribution in [2.45, 2.75) is 6.54 Å². The van der Waals surface area contributed by atoms with E-state index in [2.05, 4.69) is 31.5 Å². The molecule has 0 saturated heterocycles. The molecule has 2 heterocycles. The zero-order valence-electron chi connectivity index (χ0n) is 11.4.